The van der Waals surface area contributed by atoms with E-state index in [1.165, 1.54) is 32.1 Å². The number of hydrogen-bond donors (Lipinski definition) is 1. The Morgan fingerprint density at radius 3 is 2.74 bits per heavy atom. The molecule has 19 heavy (non-hydrogen) atoms. The first-order valence-corrected chi connectivity index (χ1v) is 7.55. The van der Waals surface area contributed by atoms with Crippen LogP contribution in [0, 0.1) is 0 Å². The largest absolute Gasteiger partial charge is 0.475 e. The molecule has 0 spiro atoms. The van der Waals surface area contributed by atoms with Crippen LogP contribution in [0.4, 0.5) is 0 Å². The highest BCUT2D eigenvalue weighted by molar-refractivity contribution is 5.25. The van der Waals surface area contributed by atoms with Gasteiger partial charge in [0.1, 0.15) is 0 Å². The topological polar surface area (TPSA) is 34.2 Å². The predicted octanol–water partition coefficient (Wildman–Crippen LogP) is 3.93. The second-order valence-corrected chi connectivity index (χ2v) is 5.23. The Morgan fingerprint density at radius 2 is 2.00 bits per heavy atom. The number of hydrogen-bond acceptors (Lipinski definition) is 3. The monoisotopic (exact) mass is 264 g/mol. The summed E-state index contributed by atoms with van der Waals surface area (Å²) in [5.74, 6) is 0.760. The summed E-state index contributed by atoms with van der Waals surface area (Å²) >= 11 is 0. The average Bonchev–Trinajstić information content (AvgIpc) is 2.39. The molecule has 0 unspecified atom stereocenters. The van der Waals surface area contributed by atoms with Crippen molar-refractivity contribution in [3.63, 3.8) is 0 Å². The van der Waals surface area contributed by atoms with Crippen molar-refractivity contribution in [2.45, 2.75) is 65.5 Å². The van der Waals surface area contributed by atoms with E-state index in [2.05, 4.69) is 23.3 Å². The predicted molar refractivity (Wildman–Crippen MR) is 80.5 cm³/mol. The fraction of sp³-hybridized carbons (Fsp3) is 0.688. The quantitative estimate of drug-likeness (QED) is 0.650. The van der Waals surface area contributed by atoms with E-state index in [1.54, 1.807) is 6.20 Å². The Hall–Kier alpha value is -1.09. The molecule has 0 aliphatic heterocycles. The van der Waals surface area contributed by atoms with Crippen molar-refractivity contribution in [2.75, 3.05) is 6.54 Å². The minimum Gasteiger partial charge on any atom is -0.475 e. The molecule has 3 heteroatoms. The summed E-state index contributed by atoms with van der Waals surface area (Å²) in [6, 6.07) is 4.04. The van der Waals surface area contributed by atoms with Crippen molar-refractivity contribution in [2.24, 2.45) is 0 Å². The van der Waals surface area contributed by atoms with Gasteiger partial charge in [-0.3, -0.25) is 0 Å². The number of nitrogens with one attached hydrogen (secondary N) is 1. The first-order chi connectivity index (χ1) is 9.24. The molecule has 0 amide bonds. The van der Waals surface area contributed by atoms with Gasteiger partial charge in [-0.25, -0.2) is 4.98 Å². The molecule has 0 aliphatic carbocycles. The molecule has 1 rings (SSSR count). The van der Waals surface area contributed by atoms with Gasteiger partial charge in [0.05, 0.1) is 6.10 Å². The Bertz CT molecular complexity index is 339. The van der Waals surface area contributed by atoms with Gasteiger partial charge in [0.15, 0.2) is 0 Å². The van der Waals surface area contributed by atoms with E-state index in [4.69, 9.17) is 4.74 Å². The van der Waals surface area contributed by atoms with E-state index < -0.39 is 0 Å². The SMILES string of the molecule is CCCCCCCNCc1cccnc1OC(C)C. The molecule has 0 aromatic carbocycles. The van der Waals surface area contributed by atoms with Crippen LogP contribution in [0.3, 0.4) is 0 Å². The van der Waals surface area contributed by atoms with Crippen molar-refractivity contribution in [3.8, 4) is 5.88 Å². The fourth-order valence-corrected chi connectivity index (χ4v) is 1.96. The zero-order chi connectivity index (χ0) is 13.9. The van der Waals surface area contributed by atoms with Crippen molar-refractivity contribution in [3.05, 3.63) is 23.9 Å². The molecule has 0 atom stereocenters. The summed E-state index contributed by atoms with van der Waals surface area (Å²) in [4.78, 5) is 4.30. The highest BCUT2D eigenvalue weighted by Crippen LogP contribution is 2.15. The number of pyridine rings is 1. The third-order valence-corrected chi connectivity index (χ3v) is 2.97. The maximum atomic E-state index is 5.70. The third-order valence-electron chi connectivity index (χ3n) is 2.97. The van der Waals surface area contributed by atoms with Gasteiger partial charge >= 0.3 is 0 Å². The average molecular weight is 264 g/mol. The van der Waals surface area contributed by atoms with Gasteiger partial charge in [-0.2, -0.15) is 0 Å². The van der Waals surface area contributed by atoms with E-state index in [1.807, 2.05) is 19.9 Å². The van der Waals surface area contributed by atoms with Gasteiger partial charge in [-0.05, 0) is 32.9 Å². The first-order valence-electron chi connectivity index (χ1n) is 7.55. The molecule has 0 bridgehead atoms. The smallest absolute Gasteiger partial charge is 0.218 e. The zero-order valence-corrected chi connectivity index (χ0v) is 12.6. The lowest BCUT2D eigenvalue weighted by Gasteiger charge is -2.13. The van der Waals surface area contributed by atoms with Crippen molar-refractivity contribution < 1.29 is 4.74 Å². The zero-order valence-electron chi connectivity index (χ0n) is 12.6. The lowest BCUT2D eigenvalue weighted by molar-refractivity contribution is 0.229. The summed E-state index contributed by atoms with van der Waals surface area (Å²) in [6.45, 7) is 8.21. The molecule has 1 N–H and O–H groups in total. The summed E-state index contributed by atoms with van der Waals surface area (Å²) in [5.41, 5.74) is 1.14. The van der Waals surface area contributed by atoms with Gasteiger partial charge in [-0.1, -0.05) is 38.7 Å². The highest BCUT2D eigenvalue weighted by Gasteiger charge is 2.05. The van der Waals surface area contributed by atoms with Crippen LogP contribution in [-0.2, 0) is 6.54 Å². The van der Waals surface area contributed by atoms with Crippen LogP contribution in [0.25, 0.3) is 0 Å². The minimum absolute atomic E-state index is 0.169. The maximum Gasteiger partial charge on any atom is 0.218 e. The Balaban J connectivity index is 2.25. The normalized spacial score (nSPS) is 10.9. The number of rotatable bonds is 10. The molecular weight excluding hydrogens is 236 g/mol. The molecule has 0 saturated carbocycles. The molecule has 0 fully saturated rings. The maximum absolute atomic E-state index is 5.70. The van der Waals surface area contributed by atoms with Crippen molar-refractivity contribution in [1.29, 1.82) is 0 Å². The third kappa shape index (κ3) is 7.16. The number of nitrogens with zero attached hydrogens (tertiary/aromatic N) is 1. The first kappa shape index (κ1) is 16.0. The van der Waals surface area contributed by atoms with Crippen LogP contribution < -0.4 is 10.1 Å². The molecule has 1 aromatic rings. The van der Waals surface area contributed by atoms with E-state index in [-0.39, 0.29) is 6.10 Å². The minimum atomic E-state index is 0.169. The molecule has 1 aromatic heterocycles. The van der Waals surface area contributed by atoms with E-state index in [0.29, 0.717) is 0 Å². The summed E-state index contributed by atoms with van der Waals surface area (Å²) < 4.78 is 5.70. The van der Waals surface area contributed by atoms with Crippen molar-refractivity contribution >= 4 is 0 Å². The van der Waals surface area contributed by atoms with Gasteiger partial charge in [0.25, 0.3) is 0 Å². The molecule has 108 valence electrons. The molecule has 3 nitrogen and oxygen atoms in total. The summed E-state index contributed by atoms with van der Waals surface area (Å²) in [6.07, 6.45) is 8.54. The second kappa shape index (κ2) is 9.79. The van der Waals surface area contributed by atoms with Gasteiger partial charge in [-0.15, -0.1) is 0 Å². The molecule has 0 radical (unpaired) electrons. The van der Waals surface area contributed by atoms with Crippen LogP contribution in [0.1, 0.15) is 58.4 Å². The highest BCUT2D eigenvalue weighted by atomic mass is 16.5. The van der Waals surface area contributed by atoms with Gasteiger partial charge < -0.3 is 10.1 Å². The van der Waals surface area contributed by atoms with Gasteiger partial charge in [0.2, 0.25) is 5.88 Å². The summed E-state index contributed by atoms with van der Waals surface area (Å²) in [7, 11) is 0. The Kier molecular flexibility index (Phi) is 8.23. The molecule has 0 saturated heterocycles. The van der Waals surface area contributed by atoms with E-state index >= 15 is 0 Å². The molecular formula is C16H28N2O. The molecule has 1 heterocycles. The lowest BCUT2D eigenvalue weighted by Crippen LogP contribution is -2.17. The lowest BCUT2D eigenvalue weighted by atomic mass is 10.1. The Morgan fingerprint density at radius 1 is 1.21 bits per heavy atom. The second-order valence-electron chi connectivity index (χ2n) is 5.23. The van der Waals surface area contributed by atoms with E-state index in [9.17, 15) is 0 Å². The number of unbranched alkanes of at least 4 members (excludes halogenated alkanes) is 4. The van der Waals surface area contributed by atoms with Crippen LogP contribution in [0.15, 0.2) is 18.3 Å². The van der Waals surface area contributed by atoms with Gasteiger partial charge in [0, 0.05) is 18.3 Å². The van der Waals surface area contributed by atoms with Crippen LogP contribution in [-0.4, -0.2) is 17.6 Å². The standard InChI is InChI=1S/C16H28N2O/c1-4-5-6-7-8-11-17-13-15-10-9-12-18-16(15)19-14(2)3/h9-10,12,14,17H,4-8,11,13H2,1-3H3. The number of aromatic nitrogens is 1. The van der Waals surface area contributed by atoms with Crippen LogP contribution in [0.5, 0.6) is 5.88 Å². The van der Waals surface area contributed by atoms with E-state index in [0.717, 1.165) is 24.5 Å². The summed E-state index contributed by atoms with van der Waals surface area (Å²) in [5, 5.41) is 3.47. The number of ether oxygens (including phenoxy) is 1. The van der Waals surface area contributed by atoms with Crippen LogP contribution in [0.2, 0.25) is 0 Å². The fourth-order valence-electron chi connectivity index (χ4n) is 1.96. The van der Waals surface area contributed by atoms with Crippen LogP contribution >= 0.6 is 0 Å². The Labute approximate surface area is 117 Å². The molecule has 0 aliphatic rings. The van der Waals surface area contributed by atoms with Crippen molar-refractivity contribution in [1.82, 2.24) is 10.3 Å².